The van der Waals surface area contributed by atoms with E-state index in [9.17, 15) is 0 Å². The third kappa shape index (κ3) is 2.29. The molecule has 0 aliphatic heterocycles. The molecule has 0 aliphatic rings. The van der Waals surface area contributed by atoms with E-state index in [4.69, 9.17) is 11.6 Å². The molecule has 0 spiro atoms. The summed E-state index contributed by atoms with van der Waals surface area (Å²) >= 11 is 6.30. The summed E-state index contributed by atoms with van der Waals surface area (Å²) in [5, 5.41) is -0.126. The van der Waals surface area contributed by atoms with Gasteiger partial charge in [-0.1, -0.05) is 18.2 Å². The molecule has 102 valence electrons. The number of alkyl halides is 1. The number of para-hydroxylation sites is 1. The number of hydrogen-bond acceptors (Lipinski definition) is 2. The number of nitrogens with zero attached hydrogens (tertiary/aromatic N) is 3. The number of imidazole rings is 1. The molecule has 0 aliphatic carbocycles. The Hall–Kier alpha value is -1.87. The van der Waals surface area contributed by atoms with Gasteiger partial charge in [0.25, 0.3) is 0 Å². The number of rotatable bonds is 3. The first-order valence-electron chi connectivity index (χ1n) is 6.65. The summed E-state index contributed by atoms with van der Waals surface area (Å²) in [5.74, 6) is 0.903. The highest BCUT2D eigenvalue weighted by Crippen LogP contribution is 2.27. The lowest BCUT2D eigenvalue weighted by Crippen LogP contribution is -2.06. The lowest BCUT2D eigenvalue weighted by Gasteiger charge is -2.11. The summed E-state index contributed by atoms with van der Waals surface area (Å²) in [6.07, 6.45) is 3.67. The van der Waals surface area contributed by atoms with Gasteiger partial charge >= 0.3 is 0 Å². The first-order chi connectivity index (χ1) is 9.66. The van der Waals surface area contributed by atoms with Crippen LogP contribution in [0.3, 0.4) is 0 Å². The van der Waals surface area contributed by atoms with Gasteiger partial charge in [-0.3, -0.25) is 4.98 Å². The largest absolute Gasteiger partial charge is 0.322 e. The molecular formula is C16H16ClN3. The van der Waals surface area contributed by atoms with Crippen molar-refractivity contribution in [1.82, 2.24) is 14.5 Å². The van der Waals surface area contributed by atoms with Crippen molar-refractivity contribution in [3.8, 4) is 0 Å². The quantitative estimate of drug-likeness (QED) is 0.679. The minimum absolute atomic E-state index is 0.126. The Bertz CT molecular complexity index is 732. The average Bonchev–Trinajstić information content (AvgIpc) is 2.80. The van der Waals surface area contributed by atoms with Gasteiger partial charge in [-0.2, -0.15) is 0 Å². The van der Waals surface area contributed by atoms with Gasteiger partial charge in [-0.05, 0) is 37.1 Å². The summed E-state index contributed by atoms with van der Waals surface area (Å²) in [6.45, 7) is 4.80. The second kappa shape index (κ2) is 5.25. The zero-order valence-electron chi connectivity index (χ0n) is 11.5. The van der Waals surface area contributed by atoms with Crippen molar-refractivity contribution in [2.45, 2.75) is 25.8 Å². The number of fused-ring (bicyclic) bond motifs is 1. The highest BCUT2D eigenvalue weighted by molar-refractivity contribution is 6.20. The van der Waals surface area contributed by atoms with Gasteiger partial charge in [0.2, 0.25) is 0 Å². The van der Waals surface area contributed by atoms with E-state index < -0.39 is 0 Å². The molecule has 20 heavy (non-hydrogen) atoms. The van der Waals surface area contributed by atoms with Gasteiger partial charge in [0.05, 0.1) is 23.0 Å². The second-order valence-electron chi connectivity index (χ2n) is 4.98. The molecule has 2 aromatic heterocycles. The van der Waals surface area contributed by atoms with E-state index >= 15 is 0 Å². The number of benzene rings is 1. The topological polar surface area (TPSA) is 30.7 Å². The van der Waals surface area contributed by atoms with Gasteiger partial charge in [0, 0.05) is 12.4 Å². The van der Waals surface area contributed by atoms with Crippen molar-refractivity contribution in [3.63, 3.8) is 0 Å². The van der Waals surface area contributed by atoms with Crippen LogP contribution >= 0.6 is 11.6 Å². The fraction of sp³-hybridized carbons (Fsp3) is 0.250. The molecule has 1 atom stereocenters. The fourth-order valence-corrected chi connectivity index (χ4v) is 2.69. The standard InChI is InChI=1S/C16H16ClN3/c1-11-5-3-7-14-15(11)20(16(19-14)12(2)17)10-13-6-4-8-18-9-13/h3-9,12H,10H2,1-2H3. The predicted molar refractivity (Wildman–Crippen MR) is 82.1 cm³/mol. The molecular weight excluding hydrogens is 270 g/mol. The van der Waals surface area contributed by atoms with Crippen LogP contribution in [-0.4, -0.2) is 14.5 Å². The SMILES string of the molecule is Cc1cccc2nc(C(C)Cl)n(Cc3cccnc3)c12. The maximum atomic E-state index is 6.30. The van der Waals surface area contributed by atoms with Crippen LogP contribution in [0, 0.1) is 6.92 Å². The normalized spacial score (nSPS) is 12.8. The van der Waals surface area contributed by atoms with Crippen LogP contribution in [0.2, 0.25) is 0 Å². The number of halogens is 1. The predicted octanol–water partition coefficient (Wildman–Crippen LogP) is 4.09. The maximum Gasteiger partial charge on any atom is 0.128 e. The zero-order chi connectivity index (χ0) is 14.1. The van der Waals surface area contributed by atoms with Gasteiger partial charge in [-0.25, -0.2) is 4.98 Å². The second-order valence-corrected chi connectivity index (χ2v) is 5.63. The average molecular weight is 286 g/mol. The van der Waals surface area contributed by atoms with E-state index in [0.29, 0.717) is 0 Å². The molecule has 3 nitrogen and oxygen atoms in total. The molecule has 0 bridgehead atoms. The molecule has 4 heteroatoms. The van der Waals surface area contributed by atoms with Crippen molar-refractivity contribution in [2.75, 3.05) is 0 Å². The number of pyridine rings is 1. The van der Waals surface area contributed by atoms with Gasteiger partial charge in [0.1, 0.15) is 5.82 Å². The van der Waals surface area contributed by atoms with Crippen LogP contribution in [0.1, 0.15) is 29.3 Å². The maximum absolute atomic E-state index is 6.30. The summed E-state index contributed by atoms with van der Waals surface area (Å²) in [4.78, 5) is 8.86. The smallest absolute Gasteiger partial charge is 0.128 e. The van der Waals surface area contributed by atoms with E-state index in [0.717, 1.165) is 29.0 Å². The lowest BCUT2D eigenvalue weighted by molar-refractivity contribution is 0.739. The summed E-state index contributed by atoms with van der Waals surface area (Å²) in [5.41, 5.74) is 4.51. The van der Waals surface area contributed by atoms with E-state index in [1.54, 1.807) is 6.20 Å². The van der Waals surface area contributed by atoms with Crippen LogP contribution < -0.4 is 0 Å². The fourth-order valence-electron chi connectivity index (χ4n) is 2.52. The Morgan fingerprint density at radius 3 is 2.80 bits per heavy atom. The third-order valence-electron chi connectivity index (χ3n) is 3.42. The van der Waals surface area contributed by atoms with E-state index in [1.165, 1.54) is 5.56 Å². The Morgan fingerprint density at radius 2 is 2.10 bits per heavy atom. The van der Waals surface area contributed by atoms with E-state index in [1.807, 2.05) is 31.3 Å². The Morgan fingerprint density at radius 1 is 1.25 bits per heavy atom. The molecule has 0 N–H and O–H groups in total. The molecule has 0 saturated heterocycles. The number of hydrogen-bond donors (Lipinski definition) is 0. The van der Waals surface area contributed by atoms with Crippen molar-refractivity contribution in [3.05, 3.63) is 59.7 Å². The molecule has 1 unspecified atom stereocenters. The van der Waals surface area contributed by atoms with Crippen LogP contribution in [0.4, 0.5) is 0 Å². The minimum Gasteiger partial charge on any atom is -0.322 e. The van der Waals surface area contributed by atoms with Crippen molar-refractivity contribution in [2.24, 2.45) is 0 Å². The Kier molecular flexibility index (Phi) is 3.45. The monoisotopic (exact) mass is 285 g/mol. The van der Waals surface area contributed by atoms with Crippen LogP contribution in [0.25, 0.3) is 11.0 Å². The molecule has 1 aromatic carbocycles. The van der Waals surface area contributed by atoms with Crippen molar-refractivity contribution in [1.29, 1.82) is 0 Å². The molecule has 0 saturated carbocycles. The highest BCUT2D eigenvalue weighted by atomic mass is 35.5. The molecule has 3 rings (SSSR count). The van der Waals surface area contributed by atoms with Gasteiger partial charge < -0.3 is 4.57 Å². The number of aromatic nitrogens is 3. The van der Waals surface area contributed by atoms with E-state index in [2.05, 4.69) is 33.6 Å². The van der Waals surface area contributed by atoms with Gasteiger partial charge in [0.15, 0.2) is 0 Å². The number of aryl methyl sites for hydroxylation is 1. The zero-order valence-corrected chi connectivity index (χ0v) is 12.3. The lowest BCUT2D eigenvalue weighted by atomic mass is 10.2. The molecule has 2 heterocycles. The molecule has 0 amide bonds. The first-order valence-corrected chi connectivity index (χ1v) is 7.09. The Balaban J connectivity index is 2.19. The summed E-state index contributed by atoms with van der Waals surface area (Å²) in [7, 11) is 0. The Labute approximate surface area is 123 Å². The molecule has 0 radical (unpaired) electrons. The van der Waals surface area contributed by atoms with Gasteiger partial charge in [-0.15, -0.1) is 11.6 Å². The van der Waals surface area contributed by atoms with Crippen LogP contribution in [-0.2, 0) is 6.54 Å². The minimum atomic E-state index is -0.126. The third-order valence-corrected chi connectivity index (χ3v) is 3.61. The van der Waals surface area contributed by atoms with E-state index in [-0.39, 0.29) is 5.38 Å². The van der Waals surface area contributed by atoms with Crippen molar-refractivity contribution < 1.29 is 0 Å². The van der Waals surface area contributed by atoms with Crippen LogP contribution in [0.15, 0.2) is 42.7 Å². The summed E-state index contributed by atoms with van der Waals surface area (Å²) < 4.78 is 2.19. The summed E-state index contributed by atoms with van der Waals surface area (Å²) in [6, 6.07) is 10.2. The molecule has 0 fully saturated rings. The van der Waals surface area contributed by atoms with Crippen LogP contribution in [0.5, 0.6) is 0 Å². The highest BCUT2D eigenvalue weighted by Gasteiger charge is 2.16. The first kappa shape index (κ1) is 13.1. The molecule has 3 aromatic rings. The van der Waals surface area contributed by atoms with Crippen molar-refractivity contribution >= 4 is 22.6 Å².